The van der Waals surface area contributed by atoms with E-state index in [0.29, 0.717) is 0 Å². The molecule has 0 aliphatic carbocycles. The topological polar surface area (TPSA) is 6.48 Å². The molecule has 0 radical (unpaired) electrons. The number of allylic oxidation sites excluding steroid dienone is 1. The highest BCUT2D eigenvalue weighted by molar-refractivity contribution is 5.49. The van der Waals surface area contributed by atoms with Crippen molar-refractivity contribution in [2.24, 2.45) is 0 Å². The number of benzene rings is 1. The molecule has 98 valence electrons. The van der Waals surface area contributed by atoms with E-state index < -0.39 is 0 Å². The average Bonchev–Trinajstić information content (AvgIpc) is 2.42. The summed E-state index contributed by atoms with van der Waals surface area (Å²) in [5.74, 6) is 0. The molecular weight excluding hydrogens is 220 g/mol. The van der Waals surface area contributed by atoms with Gasteiger partial charge in [0.15, 0.2) is 0 Å². The average molecular weight is 244 g/mol. The fourth-order valence-electron chi connectivity index (χ4n) is 2.45. The van der Waals surface area contributed by atoms with Crippen molar-refractivity contribution in [2.75, 3.05) is 32.7 Å². The van der Waals surface area contributed by atoms with Crippen LogP contribution in [0, 0.1) is 0 Å². The Morgan fingerprint density at radius 2 is 1.61 bits per heavy atom. The van der Waals surface area contributed by atoms with E-state index in [9.17, 15) is 0 Å². The van der Waals surface area contributed by atoms with E-state index in [1.807, 2.05) is 0 Å². The molecule has 1 saturated heterocycles. The van der Waals surface area contributed by atoms with E-state index >= 15 is 0 Å². The molecule has 2 heteroatoms. The zero-order valence-electron chi connectivity index (χ0n) is 11.6. The summed E-state index contributed by atoms with van der Waals surface area (Å²) in [5.41, 5.74) is 2.71. The normalized spacial score (nSPS) is 18.6. The first kappa shape index (κ1) is 13.3. The molecule has 0 saturated carbocycles. The maximum atomic E-state index is 2.55. The fraction of sp³-hybridized carbons (Fsp3) is 0.500. The second kappa shape index (κ2) is 6.72. The van der Waals surface area contributed by atoms with Crippen molar-refractivity contribution < 1.29 is 0 Å². The van der Waals surface area contributed by atoms with Crippen LogP contribution in [-0.4, -0.2) is 42.5 Å². The van der Waals surface area contributed by atoms with Gasteiger partial charge in [0.2, 0.25) is 0 Å². The highest BCUT2D eigenvalue weighted by Gasteiger charge is 2.15. The van der Waals surface area contributed by atoms with E-state index in [0.717, 1.165) is 6.54 Å². The predicted octanol–water partition coefficient (Wildman–Crippen LogP) is 2.86. The Bertz CT molecular complexity index is 373. The largest absolute Gasteiger partial charge is 0.301 e. The summed E-state index contributed by atoms with van der Waals surface area (Å²) in [4.78, 5) is 5.07. The van der Waals surface area contributed by atoms with Gasteiger partial charge in [-0.2, -0.15) is 0 Å². The van der Waals surface area contributed by atoms with Gasteiger partial charge < -0.3 is 4.90 Å². The van der Waals surface area contributed by atoms with Crippen LogP contribution in [0.3, 0.4) is 0 Å². The van der Waals surface area contributed by atoms with Crippen LogP contribution in [-0.2, 0) is 6.54 Å². The minimum absolute atomic E-state index is 1.09. The van der Waals surface area contributed by atoms with E-state index in [2.05, 4.69) is 60.1 Å². The molecular formula is C16H24N2. The minimum atomic E-state index is 1.09. The van der Waals surface area contributed by atoms with Gasteiger partial charge in [0.05, 0.1) is 0 Å². The third kappa shape index (κ3) is 3.69. The lowest BCUT2D eigenvalue weighted by Crippen LogP contribution is -2.45. The third-order valence-corrected chi connectivity index (χ3v) is 3.66. The number of rotatable bonds is 4. The molecule has 1 fully saturated rings. The van der Waals surface area contributed by atoms with Gasteiger partial charge in [0, 0.05) is 32.7 Å². The molecule has 18 heavy (non-hydrogen) atoms. The van der Waals surface area contributed by atoms with Gasteiger partial charge in [-0.05, 0) is 24.6 Å². The van der Waals surface area contributed by atoms with Crippen LogP contribution >= 0.6 is 0 Å². The Kier molecular flexibility index (Phi) is 4.97. The van der Waals surface area contributed by atoms with Crippen LogP contribution in [0.4, 0.5) is 0 Å². The van der Waals surface area contributed by atoms with Crippen LogP contribution in [0.15, 0.2) is 30.3 Å². The summed E-state index contributed by atoms with van der Waals surface area (Å²) < 4.78 is 0. The van der Waals surface area contributed by atoms with Crippen molar-refractivity contribution in [1.82, 2.24) is 9.80 Å². The van der Waals surface area contributed by atoms with Crippen LogP contribution in [0.5, 0.6) is 0 Å². The summed E-state index contributed by atoms with van der Waals surface area (Å²) in [6.07, 6.45) is 4.22. The Morgan fingerprint density at radius 3 is 2.17 bits per heavy atom. The first-order valence-electron chi connectivity index (χ1n) is 6.98. The molecule has 1 aromatic carbocycles. The molecule has 0 bridgehead atoms. The number of hydrogen-bond acceptors (Lipinski definition) is 2. The molecule has 2 rings (SSSR count). The van der Waals surface area contributed by atoms with Crippen molar-refractivity contribution in [3.63, 3.8) is 0 Å². The van der Waals surface area contributed by atoms with Gasteiger partial charge in [-0.25, -0.2) is 0 Å². The monoisotopic (exact) mass is 244 g/mol. The zero-order valence-corrected chi connectivity index (χ0v) is 11.6. The van der Waals surface area contributed by atoms with Crippen molar-refractivity contribution >= 4 is 6.08 Å². The van der Waals surface area contributed by atoms with Gasteiger partial charge in [-0.15, -0.1) is 0 Å². The molecule has 0 aromatic heterocycles. The predicted molar refractivity (Wildman–Crippen MR) is 78.5 cm³/mol. The number of hydrogen-bond donors (Lipinski definition) is 0. The van der Waals surface area contributed by atoms with Crippen molar-refractivity contribution in [2.45, 2.75) is 20.4 Å². The minimum Gasteiger partial charge on any atom is -0.301 e. The second-order valence-electron chi connectivity index (χ2n) is 4.95. The number of likely N-dealkylation sites (N-methyl/N-ethyl adjacent to an activating group) is 1. The molecule has 1 heterocycles. The number of nitrogens with zero attached hydrogens (tertiary/aromatic N) is 2. The summed E-state index contributed by atoms with van der Waals surface area (Å²) in [7, 11) is 0. The highest BCUT2D eigenvalue weighted by atomic mass is 15.3. The molecule has 1 aliphatic heterocycles. The lowest BCUT2D eigenvalue weighted by atomic mass is 10.1. The van der Waals surface area contributed by atoms with Gasteiger partial charge >= 0.3 is 0 Å². The summed E-state index contributed by atoms with van der Waals surface area (Å²) in [6.45, 7) is 11.4. The van der Waals surface area contributed by atoms with Crippen molar-refractivity contribution in [3.8, 4) is 0 Å². The molecule has 1 aliphatic rings. The van der Waals surface area contributed by atoms with Gasteiger partial charge in [0.25, 0.3) is 0 Å². The summed E-state index contributed by atoms with van der Waals surface area (Å²) in [5, 5.41) is 0. The van der Waals surface area contributed by atoms with Crippen LogP contribution in [0.2, 0.25) is 0 Å². The Hall–Kier alpha value is -1.12. The van der Waals surface area contributed by atoms with Crippen molar-refractivity contribution in [1.29, 1.82) is 0 Å². The first-order valence-corrected chi connectivity index (χ1v) is 6.98. The maximum absolute atomic E-state index is 2.55. The molecule has 2 nitrogen and oxygen atoms in total. The second-order valence-corrected chi connectivity index (χ2v) is 4.95. The van der Waals surface area contributed by atoms with Crippen LogP contribution in [0.25, 0.3) is 6.08 Å². The molecule has 0 N–H and O–H groups in total. The molecule has 0 spiro atoms. The maximum Gasteiger partial charge on any atom is 0.0234 e. The van der Waals surface area contributed by atoms with Crippen molar-refractivity contribution in [3.05, 3.63) is 41.5 Å². The first-order chi connectivity index (χ1) is 8.81. The van der Waals surface area contributed by atoms with Gasteiger partial charge in [0.1, 0.15) is 0 Å². The van der Waals surface area contributed by atoms with E-state index in [4.69, 9.17) is 0 Å². The third-order valence-electron chi connectivity index (χ3n) is 3.66. The van der Waals surface area contributed by atoms with Gasteiger partial charge in [-0.3, -0.25) is 4.90 Å². The Morgan fingerprint density at radius 1 is 1.00 bits per heavy atom. The molecule has 0 amide bonds. The fourth-order valence-corrected chi connectivity index (χ4v) is 2.45. The van der Waals surface area contributed by atoms with Crippen LogP contribution in [0.1, 0.15) is 25.0 Å². The Labute approximate surface area is 111 Å². The zero-order chi connectivity index (χ0) is 12.8. The Balaban J connectivity index is 1.86. The lowest BCUT2D eigenvalue weighted by Gasteiger charge is -2.34. The molecule has 0 atom stereocenters. The van der Waals surface area contributed by atoms with E-state index in [1.165, 1.54) is 43.9 Å². The molecule has 0 unspecified atom stereocenters. The smallest absolute Gasteiger partial charge is 0.0234 e. The van der Waals surface area contributed by atoms with Crippen LogP contribution < -0.4 is 0 Å². The molecule has 1 aromatic rings. The quantitative estimate of drug-likeness (QED) is 0.803. The standard InChI is InChI=1S/C16H24N2/c1-3-5-15-6-8-16(9-7-15)14-18-12-10-17(4-2)11-13-18/h3,5-9H,4,10-14H2,1-2H3. The lowest BCUT2D eigenvalue weighted by molar-refractivity contribution is 0.132. The highest BCUT2D eigenvalue weighted by Crippen LogP contribution is 2.11. The number of piperazine rings is 1. The van der Waals surface area contributed by atoms with Gasteiger partial charge in [-0.1, -0.05) is 43.3 Å². The van der Waals surface area contributed by atoms with E-state index in [1.54, 1.807) is 0 Å². The summed E-state index contributed by atoms with van der Waals surface area (Å²) >= 11 is 0. The summed E-state index contributed by atoms with van der Waals surface area (Å²) in [6, 6.07) is 8.91. The SMILES string of the molecule is CC=Cc1ccc(CN2CCN(CC)CC2)cc1. The van der Waals surface area contributed by atoms with E-state index in [-0.39, 0.29) is 0 Å².